The molecule has 7 heteroatoms. The fraction of sp³-hybridized carbons (Fsp3) is 0.235. The predicted octanol–water partition coefficient (Wildman–Crippen LogP) is 1.48. The highest BCUT2D eigenvalue weighted by atomic mass is 32.2. The monoisotopic (exact) mass is 344 g/mol. The van der Waals surface area contributed by atoms with Gasteiger partial charge in [-0.05, 0) is 31.2 Å². The zero-order valence-electron chi connectivity index (χ0n) is 13.4. The smallest absolute Gasteiger partial charge is 0.264 e. The third kappa shape index (κ3) is 3.35. The third-order valence-electron chi connectivity index (χ3n) is 3.87. The third-order valence-corrected chi connectivity index (χ3v) is 5.68. The molecule has 0 aromatic heterocycles. The average molecular weight is 344 g/mol. The van der Waals surface area contributed by atoms with Gasteiger partial charge in [-0.3, -0.25) is 9.30 Å². The molecule has 2 aromatic carbocycles. The number of nitrogens with zero attached hydrogens (tertiary/aromatic N) is 2. The minimum atomic E-state index is -3.67. The van der Waals surface area contributed by atoms with Gasteiger partial charge in [-0.25, -0.2) is 8.42 Å². The Morgan fingerprint density at radius 1 is 1.17 bits per heavy atom. The number of nitrogens with one attached hydrogen (secondary N) is 1. The van der Waals surface area contributed by atoms with E-state index in [1.165, 1.54) is 4.31 Å². The summed E-state index contributed by atoms with van der Waals surface area (Å²) >= 11 is 0. The van der Waals surface area contributed by atoms with Crippen molar-refractivity contribution in [2.24, 2.45) is 10.7 Å². The second kappa shape index (κ2) is 6.52. The first kappa shape index (κ1) is 16.3. The second-order valence-corrected chi connectivity index (χ2v) is 7.61. The maximum absolute atomic E-state index is 13.1. The Hall–Kier alpha value is -2.54. The van der Waals surface area contributed by atoms with Crippen molar-refractivity contribution in [1.82, 2.24) is 5.32 Å². The van der Waals surface area contributed by atoms with Gasteiger partial charge in [-0.2, -0.15) is 0 Å². The molecule has 1 aliphatic rings. The molecule has 0 bridgehead atoms. The second-order valence-electron chi connectivity index (χ2n) is 5.75. The van der Waals surface area contributed by atoms with E-state index in [0.717, 1.165) is 5.56 Å². The molecule has 0 fully saturated rings. The van der Waals surface area contributed by atoms with Gasteiger partial charge in [0.05, 0.1) is 29.7 Å². The molecule has 0 radical (unpaired) electrons. The summed E-state index contributed by atoms with van der Waals surface area (Å²) in [5.74, 6) is 0.348. The number of anilines is 1. The Balaban J connectivity index is 1.96. The van der Waals surface area contributed by atoms with E-state index in [2.05, 4.69) is 10.3 Å². The van der Waals surface area contributed by atoms with Crippen LogP contribution in [0.3, 0.4) is 0 Å². The average Bonchev–Trinajstić information content (AvgIpc) is 2.99. The molecule has 126 valence electrons. The maximum Gasteiger partial charge on any atom is 0.264 e. The van der Waals surface area contributed by atoms with Crippen molar-refractivity contribution in [2.75, 3.05) is 17.4 Å². The first-order valence-electron chi connectivity index (χ1n) is 7.68. The molecular weight excluding hydrogens is 324 g/mol. The number of hydrogen-bond donors (Lipinski definition) is 2. The number of aryl methyl sites for hydroxylation is 1. The fourth-order valence-corrected chi connectivity index (χ4v) is 4.10. The van der Waals surface area contributed by atoms with Crippen LogP contribution in [0.4, 0.5) is 5.69 Å². The molecule has 0 saturated heterocycles. The number of sulfonamides is 1. The van der Waals surface area contributed by atoms with E-state index in [9.17, 15) is 8.42 Å². The molecule has 1 heterocycles. The first-order valence-corrected chi connectivity index (χ1v) is 9.12. The van der Waals surface area contributed by atoms with Crippen molar-refractivity contribution < 1.29 is 8.42 Å². The van der Waals surface area contributed by atoms with Crippen LogP contribution in [0.5, 0.6) is 0 Å². The standard InChI is InChI=1S/C17H20N4O2S/c1-13-7-9-16(10-8-13)24(22,23)21(15-5-3-2-4-6-15)12-14-11-19-17(18)20-14/h2-10,14H,11-12H2,1H3,(H3,18,19,20). The Labute approximate surface area is 142 Å². The van der Waals surface area contributed by atoms with E-state index in [1.807, 2.05) is 25.1 Å². The molecule has 0 spiro atoms. The van der Waals surface area contributed by atoms with Crippen molar-refractivity contribution in [1.29, 1.82) is 0 Å². The summed E-state index contributed by atoms with van der Waals surface area (Å²) in [6.45, 7) is 2.64. The zero-order valence-corrected chi connectivity index (χ0v) is 14.2. The Bertz CT molecular complexity index is 833. The molecule has 0 saturated carbocycles. The summed E-state index contributed by atoms with van der Waals surface area (Å²) in [5, 5.41) is 3.01. The SMILES string of the molecule is Cc1ccc(S(=O)(=O)N(CC2CN=C(N)N2)c2ccccc2)cc1. The van der Waals surface area contributed by atoms with E-state index >= 15 is 0 Å². The molecule has 3 rings (SSSR count). The lowest BCUT2D eigenvalue weighted by atomic mass is 10.2. The lowest BCUT2D eigenvalue weighted by molar-refractivity contribution is 0.580. The van der Waals surface area contributed by atoms with Gasteiger partial charge in [0, 0.05) is 0 Å². The highest BCUT2D eigenvalue weighted by Crippen LogP contribution is 2.24. The number of guanidine groups is 1. The molecular formula is C17H20N4O2S. The topological polar surface area (TPSA) is 87.8 Å². The number of rotatable bonds is 5. The molecule has 1 aliphatic heterocycles. The molecule has 0 amide bonds. The van der Waals surface area contributed by atoms with Crippen LogP contribution in [-0.4, -0.2) is 33.5 Å². The Morgan fingerprint density at radius 2 is 1.83 bits per heavy atom. The van der Waals surface area contributed by atoms with Gasteiger partial charge in [-0.1, -0.05) is 35.9 Å². The number of hydrogen-bond acceptors (Lipinski definition) is 5. The van der Waals surface area contributed by atoms with Gasteiger partial charge < -0.3 is 11.1 Å². The summed E-state index contributed by atoms with van der Waals surface area (Å²) in [7, 11) is -3.67. The van der Waals surface area contributed by atoms with E-state index < -0.39 is 10.0 Å². The van der Waals surface area contributed by atoms with Crippen LogP contribution < -0.4 is 15.4 Å². The van der Waals surface area contributed by atoms with Crippen LogP contribution in [-0.2, 0) is 10.0 Å². The lowest BCUT2D eigenvalue weighted by Crippen LogP contribution is -2.45. The fourth-order valence-electron chi connectivity index (χ4n) is 2.59. The minimum absolute atomic E-state index is 0.148. The molecule has 2 aromatic rings. The molecule has 6 nitrogen and oxygen atoms in total. The number of nitrogens with two attached hydrogens (primary N) is 1. The molecule has 1 atom stereocenters. The van der Waals surface area contributed by atoms with Crippen molar-refractivity contribution in [3.63, 3.8) is 0 Å². The van der Waals surface area contributed by atoms with Gasteiger partial charge in [0.1, 0.15) is 0 Å². The summed E-state index contributed by atoms with van der Waals surface area (Å²) < 4.78 is 27.7. The molecule has 3 N–H and O–H groups in total. The number of aliphatic imine (C=N–C) groups is 1. The molecule has 0 aliphatic carbocycles. The molecule has 24 heavy (non-hydrogen) atoms. The van der Waals surface area contributed by atoms with Gasteiger partial charge in [0.15, 0.2) is 5.96 Å². The lowest BCUT2D eigenvalue weighted by Gasteiger charge is -2.27. The zero-order chi connectivity index (χ0) is 17.2. The predicted molar refractivity (Wildman–Crippen MR) is 95.6 cm³/mol. The van der Waals surface area contributed by atoms with Crippen LogP contribution in [0, 0.1) is 6.92 Å². The van der Waals surface area contributed by atoms with Crippen LogP contribution in [0.1, 0.15) is 5.56 Å². The summed E-state index contributed by atoms with van der Waals surface area (Å²) in [6.07, 6.45) is 0. The van der Waals surface area contributed by atoms with E-state index in [4.69, 9.17) is 5.73 Å². The van der Waals surface area contributed by atoms with Crippen LogP contribution in [0.15, 0.2) is 64.5 Å². The summed E-state index contributed by atoms with van der Waals surface area (Å²) in [6, 6.07) is 15.8. The van der Waals surface area contributed by atoms with Crippen LogP contribution in [0.25, 0.3) is 0 Å². The number of para-hydroxylation sites is 1. The van der Waals surface area contributed by atoms with Gasteiger partial charge >= 0.3 is 0 Å². The van der Waals surface area contributed by atoms with Crippen molar-refractivity contribution in [3.05, 3.63) is 60.2 Å². The summed E-state index contributed by atoms with van der Waals surface area (Å²) in [4.78, 5) is 4.36. The van der Waals surface area contributed by atoms with Crippen molar-refractivity contribution >= 4 is 21.7 Å². The van der Waals surface area contributed by atoms with E-state index in [1.54, 1.807) is 36.4 Å². The van der Waals surface area contributed by atoms with Crippen molar-refractivity contribution in [2.45, 2.75) is 17.9 Å². The van der Waals surface area contributed by atoms with Gasteiger partial charge in [-0.15, -0.1) is 0 Å². The highest BCUT2D eigenvalue weighted by molar-refractivity contribution is 7.92. The van der Waals surface area contributed by atoms with Crippen molar-refractivity contribution in [3.8, 4) is 0 Å². The van der Waals surface area contributed by atoms with Crippen LogP contribution in [0.2, 0.25) is 0 Å². The highest BCUT2D eigenvalue weighted by Gasteiger charge is 2.29. The van der Waals surface area contributed by atoms with Crippen LogP contribution >= 0.6 is 0 Å². The van der Waals surface area contributed by atoms with Gasteiger partial charge in [0.2, 0.25) is 0 Å². The Kier molecular flexibility index (Phi) is 4.44. The first-order chi connectivity index (χ1) is 11.5. The van der Waals surface area contributed by atoms with E-state index in [-0.39, 0.29) is 17.5 Å². The summed E-state index contributed by atoms with van der Waals surface area (Å²) in [5.41, 5.74) is 7.28. The maximum atomic E-state index is 13.1. The largest absolute Gasteiger partial charge is 0.370 e. The number of benzene rings is 2. The normalized spacial score (nSPS) is 17.2. The Morgan fingerprint density at radius 3 is 2.42 bits per heavy atom. The van der Waals surface area contributed by atoms with E-state index in [0.29, 0.717) is 18.2 Å². The minimum Gasteiger partial charge on any atom is -0.370 e. The van der Waals surface area contributed by atoms with Gasteiger partial charge in [0.25, 0.3) is 10.0 Å². The molecule has 1 unspecified atom stereocenters. The quantitative estimate of drug-likeness (QED) is 0.860.